The highest BCUT2D eigenvalue weighted by Crippen LogP contribution is 2.31. The summed E-state index contributed by atoms with van der Waals surface area (Å²) >= 11 is 2.73. The van der Waals surface area contributed by atoms with E-state index in [1.54, 1.807) is 0 Å². The minimum Gasteiger partial charge on any atom is -0.330 e. The highest BCUT2D eigenvalue weighted by Gasteiger charge is 2.19. The smallest absolute Gasteiger partial charge is 0.210 e. The number of halogens is 1. The van der Waals surface area contributed by atoms with E-state index >= 15 is 0 Å². The molecule has 1 N–H and O–H groups in total. The Morgan fingerprint density at radius 2 is 1.83 bits per heavy atom. The van der Waals surface area contributed by atoms with Crippen molar-refractivity contribution >= 4 is 39.7 Å². The zero-order chi connectivity index (χ0) is 16.9. The second kappa shape index (κ2) is 7.55. The number of Topliss-reactive ketones (excluding diaryl/α,β-unsaturated/α-hetero) is 1. The third kappa shape index (κ3) is 4.18. The van der Waals surface area contributed by atoms with Gasteiger partial charge in [-0.15, -0.1) is 10.2 Å². The monoisotopic (exact) mass is 359 g/mol. The van der Waals surface area contributed by atoms with Gasteiger partial charge in [0.05, 0.1) is 5.25 Å². The van der Waals surface area contributed by atoms with Gasteiger partial charge in [0.25, 0.3) is 0 Å². The van der Waals surface area contributed by atoms with E-state index in [2.05, 4.69) is 15.5 Å². The number of carbonyl (C=O) groups excluding carboxylic acids is 1. The summed E-state index contributed by atoms with van der Waals surface area (Å²) in [5.41, 5.74) is 1.42. The highest BCUT2D eigenvalue weighted by molar-refractivity contribution is 8.02. The lowest BCUT2D eigenvalue weighted by atomic mass is 10.1. The maximum atomic E-state index is 12.9. The Balaban J connectivity index is 1.63. The van der Waals surface area contributed by atoms with Gasteiger partial charge in [-0.05, 0) is 43.3 Å². The number of para-hydroxylation sites is 1. The molecule has 1 aromatic heterocycles. The Hall–Kier alpha value is -2.25. The first-order valence-corrected chi connectivity index (χ1v) is 8.93. The van der Waals surface area contributed by atoms with Gasteiger partial charge in [0.15, 0.2) is 10.1 Å². The molecule has 0 fully saturated rings. The van der Waals surface area contributed by atoms with Crippen LogP contribution in [0.15, 0.2) is 58.9 Å². The molecule has 1 atom stereocenters. The summed E-state index contributed by atoms with van der Waals surface area (Å²) in [4.78, 5) is 12.4. The largest absolute Gasteiger partial charge is 0.330 e. The molecule has 3 aromatic rings. The summed E-state index contributed by atoms with van der Waals surface area (Å²) in [5.74, 6) is -0.416. The van der Waals surface area contributed by atoms with Gasteiger partial charge in [-0.2, -0.15) is 0 Å². The lowest BCUT2D eigenvalue weighted by Gasteiger charge is -2.07. The van der Waals surface area contributed by atoms with Crippen LogP contribution in [0.3, 0.4) is 0 Å². The average Bonchev–Trinajstić information content (AvgIpc) is 3.02. The standard InChI is InChI=1S/C17H14FN3OS2/c1-11(15(22)12-7-9-13(18)10-8-12)23-17-21-20-16(24-17)19-14-5-3-2-4-6-14/h2-11H,1H3,(H,19,20). The third-order valence-corrected chi connectivity index (χ3v) is 5.23. The van der Waals surface area contributed by atoms with Crippen molar-refractivity contribution in [3.05, 3.63) is 66.0 Å². The fraction of sp³-hybridized carbons (Fsp3) is 0.118. The molecule has 2 aromatic carbocycles. The van der Waals surface area contributed by atoms with Crippen molar-refractivity contribution in [1.82, 2.24) is 10.2 Å². The number of carbonyl (C=O) groups is 1. The lowest BCUT2D eigenvalue weighted by molar-refractivity contribution is 0.0994. The van der Waals surface area contributed by atoms with Crippen molar-refractivity contribution < 1.29 is 9.18 Å². The SMILES string of the molecule is CC(Sc1nnc(Nc2ccccc2)s1)C(=O)c1ccc(F)cc1. The Kier molecular flexibility index (Phi) is 5.22. The van der Waals surface area contributed by atoms with Crippen molar-refractivity contribution in [1.29, 1.82) is 0 Å². The van der Waals surface area contributed by atoms with Crippen LogP contribution in [-0.4, -0.2) is 21.2 Å². The Labute approximate surface area is 147 Å². The van der Waals surface area contributed by atoms with E-state index in [4.69, 9.17) is 0 Å². The molecule has 0 radical (unpaired) electrons. The molecule has 0 amide bonds. The molecule has 1 heterocycles. The summed E-state index contributed by atoms with van der Waals surface area (Å²) in [6, 6.07) is 15.3. The number of hydrogen-bond donors (Lipinski definition) is 1. The summed E-state index contributed by atoms with van der Waals surface area (Å²) in [5, 5.41) is 11.7. The van der Waals surface area contributed by atoms with Crippen LogP contribution in [0.5, 0.6) is 0 Å². The van der Waals surface area contributed by atoms with E-state index in [0.717, 1.165) is 5.69 Å². The van der Waals surface area contributed by atoms with Crippen LogP contribution in [0, 0.1) is 5.82 Å². The molecule has 0 aliphatic carbocycles. The van der Waals surface area contributed by atoms with E-state index < -0.39 is 0 Å². The number of hydrogen-bond acceptors (Lipinski definition) is 6. The van der Waals surface area contributed by atoms with Crippen LogP contribution >= 0.6 is 23.1 Å². The van der Waals surface area contributed by atoms with Gasteiger partial charge in [0, 0.05) is 11.3 Å². The highest BCUT2D eigenvalue weighted by atomic mass is 32.2. The Morgan fingerprint density at radius 3 is 2.54 bits per heavy atom. The maximum absolute atomic E-state index is 12.9. The van der Waals surface area contributed by atoms with Gasteiger partial charge in [-0.25, -0.2) is 4.39 Å². The van der Waals surface area contributed by atoms with Crippen LogP contribution < -0.4 is 5.32 Å². The van der Waals surface area contributed by atoms with Crippen LogP contribution in [0.4, 0.5) is 15.2 Å². The molecule has 122 valence electrons. The van der Waals surface area contributed by atoms with E-state index in [1.807, 2.05) is 37.3 Å². The Bertz CT molecular complexity index is 821. The zero-order valence-electron chi connectivity index (χ0n) is 12.8. The second-order valence-corrected chi connectivity index (χ2v) is 7.56. The first-order chi connectivity index (χ1) is 11.6. The number of thioether (sulfide) groups is 1. The van der Waals surface area contributed by atoms with E-state index in [0.29, 0.717) is 15.0 Å². The topological polar surface area (TPSA) is 54.9 Å². The van der Waals surface area contributed by atoms with Gasteiger partial charge in [-0.1, -0.05) is 41.3 Å². The van der Waals surface area contributed by atoms with E-state index in [-0.39, 0.29) is 16.9 Å². The molecule has 0 spiro atoms. The van der Waals surface area contributed by atoms with Crippen molar-refractivity contribution in [2.45, 2.75) is 16.5 Å². The molecular formula is C17H14FN3OS2. The van der Waals surface area contributed by atoms with Gasteiger partial charge >= 0.3 is 0 Å². The normalized spacial score (nSPS) is 11.9. The van der Waals surface area contributed by atoms with Gasteiger partial charge in [-0.3, -0.25) is 4.79 Å². The number of aromatic nitrogens is 2. The van der Waals surface area contributed by atoms with E-state index in [9.17, 15) is 9.18 Å². The molecule has 3 rings (SSSR count). The van der Waals surface area contributed by atoms with Crippen molar-refractivity contribution in [2.24, 2.45) is 0 Å². The quantitative estimate of drug-likeness (QED) is 0.507. The fourth-order valence-corrected chi connectivity index (χ4v) is 4.00. The molecule has 24 heavy (non-hydrogen) atoms. The fourth-order valence-electron chi connectivity index (χ4n) is 2.01. The predicted octanol–water partition coefficient (Wildman–Crippen LogP) is 4.78. The van der Waals surface area contributed by atoms with Crippen LogP contribution in [0.2, 0.25) is 0 Å². The first kappa shape index (κ1) is 16.6. The number of benzene rings is 2. The van der Waals surface area contributed by atoms with Crippen LogP contribution in [0.25, 0.3) is 0 Å². The molecule has 7 heteroatoms. The van der Waals surface area contributed by atoms with Crippen LogP contribution in [-0.2, 0) is 0 Å². The van der Waals surface area contributed by atoms with Crippen molar-refractivity contribution in [3.8, 4) is 0 Å². The molecule has 1 unspecified atom stereocenters. The number of rotatable bonds is 6. The molecule has 0 aliphatic heterocycles. The molecule has 0 saturated carbocycles. The van der Waals surface area contributed by atoms with Gasteiger partial charge < -0.3 is 5.32 Å². The number of nitrogens with one attached hydrogen (secondary N) is 1. The summed E-state index contributed by atoms with van der Waals surface area (Å²) in [7, 11) is 0. The molecule has 0 aliphatic rings. The van der Waals surface area contributed by atoms with Gasteiger partial charge in [0.1, 0.15) is 5.82 Å². The molecule has 0 bridgehead atoms. The van der Waals surface area contributed by atoms with Crippen LogP contribution in [0.1, 0.15) is 17.3 Å². The number of anilines is 2. The molecular weight excluding hydrogens is 345 g/mol. The van der Waals surface area contributed by atoms with Crippen molar-refractivity contribution in [3.63, 3.8) is 0 Å². The molecule has 0 saturated heterocycles. The van der Waals surface area contributed by atoms with Crippen molar-refractivity contribution in [2.75, 3.05) is 5.32 Å². The van der Waals surface area contributed by atoms with Gasteiger partial charge in [0.2, 0.25) is 5.13 Å². The minimum absolute atomic E-state index is 0.0623. The minimum atomic E-state index is -0.354. The van der Waals surface area contributed by atoms with E-state index in [1.165, 1.54) is 47.4 Å². The lowest BCUT2D eigenvalue weighted by Crippen LogP contribution is -2.13. The predicted molar refractivity (Wildman–Crippen MR) is 95.7 cm³/mol. The second-order valence-electron chi connectivity index (χ2n) is 5.00. The first-order valence-electron chi connectivity index (χ1n) is 7.24. The third-order valence-electron chi connectivity index (χ3n) is 3.21. The number of ketones is 1. The summed E-state index contributed by atoms with van der Waals surface area (Å²) in [6.07, 6.45) is 0. The summed E-state index contributed by atoms with van der Waals surface area (Å²) < 4.78 is 13.6. The maximum Gasteiger partial charge on any atom is 0.210 e. The Morgan fingerprint density at radius 1 is 1.12 bits per heavy atom. The molecule has 4 nitrogen and oxygen atoms in total. The summed E-state index contributed by atoms with van der Waals surface area (Å²) in [6.45, 7) is 1.81. The average molecular weight is 359 g/mol. The zero-order valence-corrected chi connectivity index (χ0v) is 14.4. The number of nitrogens with zero attached hydrogens (tertiary/aromatic N) is 2.